The monoisotopic (exact) mass is 495 g/mol. The molecule has 3 aromatic rings. The number of carbonyl (C=O) groups excluding carboxylic acids is 2. The van der Waals surface area contributed by atoms with Gasteiger partial charge >= 0.3 is 0 Å². The second-order valence-corrected chi connectivity index (χ2v) is 8.93. The SMILES string of the molecule is CCC(F)c1cc(OCCCOc2ccccc2C2SC(=O)NC2=O)ccc1Oc1ccccc1. The molecule has 1 fully saturated rings. The lowest BCUT2D eigenvalue weighted by molar-refractivity contribution is -0.119. The van der Waals surface area contributed by atoms with E-state index in [4.69, 9.17) is 14.2 Å². The maximum Gasteiger partial charge on any atom is 0.286 e. The summed E-state index contributed by atoms with van der Waals surface area (Å²) >= 11 is 0.944. The molecule has 3 aromatic carbocycles. The number of alkyl halides is 1. The lowest BCUT2D eigenvalue weighted by atomic mass is 10.1. The van der Waals surface area contributed by atoms with E-state index in [0.717, 1.165) is 11.8 Å². The summed E-state index contributed by atoms with van der Waals surface area (Å²) in [6.07, 6.45) is -0.276. The normalized spacial score (nSPS) is 16.0. The molecule has 182 valence electrons. The van der Waals surface area contributed by atoms with Crippen molar-refractivity contribution in [1.29, 1.82) is 0 Å². The lowest BCUT2D eigenvalue weighted by Crippen LogP contribution is -2.20. The smallest absolute Gasteiger partial charge is 0.286 e. The lowest BCUT2D eigenvalue weighted by Gasteiger charge is -2.16. The van der Waals surface area contributed by atoms with Crippen molar-refractivity contribution in [2.75, 3.05) is 13.2 Å². The number of imide groups is 1. The minimum Gasteiger partial charge on any atom is -0.493 e. The highest BCUT2D eigenvalue weighted by Crippen LogP contribution is 2.39. The fraction of sp³-hybridized carbons (Fsp3) is 0.259. The van der Waals surface area contributed by atoms with Crippen LogP contribution in [0.25, 0.3) is 0 Å². The Balaban J connectivity index is 1.33. The summed E-state index contributed by atoms with van der Waals surface area (Å²) in [5.74, 6) is 1.87. The van der Waals surface area contributed by atoms with Crippen molar-refractivity contribution >= 4 is 22.9 Å². The molecule has 2 unspecified atom stereocenters. The first-order valence-corrected chi connectivity index (χ1v) is 12.3. The van der Waals surface area contributed by atoms with Crippen LogP contribution in [0, 0.1) is 0 Å². The summed E-state index contributed by atoms with van der Waals surface area (Å²) in [5, 5.41) is 1.32. The third kappa shape index (κ3) is 6.33. The molecular weight excluding hydrogens is 469 g/mol. The van der Waals surface area contributed by atoms with Crippen molar-refractivity contribution in [1.82, 2.24) is 5.32 Å². The Morgan fingerprint density at radius 1 is 0.914 bits per heavy atom. The van der Waals surface area contributed by atoms with Gasteiger partial charge in [0.05, 0.1) is 13.2 Å². The van der Waals surface area contributed by atoms with Gasteiger partial charge in [0.1, 0.15) is 34.4 Å². The van der Waals surface area contributed by atoms with Gasteiger partial charge in [0, 0.05) is 17.5 Å². The zero-order chi connectivity index (χ0) is 24.6. The second-order valence-electron chi connectivity index (χ2n) is 7.85. The molecule has 1 heterocycles. The number of rotatable bonds is 11. The van der Waals surface area contributed by atoms with Gasteiger partial charge in [0.15, 0.2) is 0 Å². The van der Waals surface area contributed by atoms with Crippen LogP contribution >= 0.6 is 11.8 Å². The van der Waals surface area contributed by atoms with E-state index in [0.29, 0.717) is 60.2 Å². The molecule has 35 heavy (non-hydrogen) atoms. The van der Waals surface area contributed by atoms with Crippen molar-refractivity contribution in [3.63, 3.8) is 0 Å². The van der Waals surface area contributed by atoms with E-state index in [2.05, 4.69) is 5.32 Å². The van der Waals surface area contributed by atoms with Crippen LogP contribution in [-0.4, -0.2) is 24.4 Å². The number of amides is 2. The molecule has 4 rings (SSSR count). The number of carbonyl (C=O) groups is 2. The average molecular weight is 496 g/mol. The molecule has 1 saturated heterocycles. The average Bonchev–Trinajstić information content (AvgIpc) is 3.22. The summed E-state index contributed by atoms with van der Waals surface area (Å²) in [6.45, 7) is 2.50. The van der Waals surface area contributed by atoms with Gasteiger partial charge in [-0.25, -0.2) is 4.39 Å². The first-order chi connectivity index (χ1) is 17.0. The molecular formula is C27H26FNO5S. The molecule has 2 atom stereocenters. The quantitative estimate of drug-likeness (QED) is 0.296. The van der Waals surface area contributed by atoms with Crippen LogP contribution in [0.15, 0.2) is 72.8 Å². The molecule has 8 heteroatoms. The van der Waals surface area contributed by atoms with Gasteiger partial charge in [-0.2, -0.15) is 0 Å². The van der Waals surface area contributed by atoms with Crippen LogP contribution in [0.1, 0.15) is 42.3 Å². The van der Waals surface area contributed by atoms with E-state index < -0.39 is 11.4 Å². The van der Waals surface area contributed by atoms with Crippen molar-refractivity contribution < 1.29 is 28.2 Å². The van der Waals surface area contributed by atoms with Crippen molar-refractivity contribution in [3.05, 3.63) is 83.9 Å². The second kappa shape index (κ2) is 11.8. The van der Waals surface area contributed by atoms with Crippen LogP contribution < -0.4 is 19.5 Å². The highest BCUT2D eigenvalue weighted by Gasteiger charge is 2.34. The van der Waals surface area contributed by atoms with Crippen molar-refractivity contribution in [2.24, 2.45) is 0 Å². The number of hydrogen-bond donors (Lipinski definition) is 1. The Labute approximate surface area is 207 Å². The molecule has 2 amide bonds. The first-order valence-electron chi connectivity index (χ1n) is 11.4. The van der Waals surface area contributed by atoms with E-state index in [9.17, 15) is 14.0 Å². The topological polar surface area (TPSA) is 73.9 Å². The van der Waals surface area contributed by atoms with E-state index in [-0.39, 0.29) is 11.1 Å². The highest BCUT2D eigenvalue weighted by molar-refractivity contribution is 8.15. The van der Waals surface area contributed by atoms with Gasteiger partial charge < -0.3 is 14.2 Å². The number of thioether (sulfide) groups is 1. The number of halogens is 1. The molecule has 6 nitrogen and oxygen atoms in total. The number of nitrogens with one attached hydrogen (secondary N) is 1. The Morgan fingerprint density at radius 2 is 1.66 bits per heavy atom. The van der Waals surface area contributed by atoms with Crippen molar-refractivity contribution in [2.45, 2.75) is 31.2 Å². The number of ether oxygens (including phenoxy) is 3. The van der Waals surface area contributed by atoms with E-state index in [1.54, 1.807) is 43.3 Å². The summed E-state index contributed by atoms with van der Waals surface area (Å²) < 4.78 is 32.2. The molecule has 1 aliphatic heterocycles. The number of hydrogen-bond acceptors (Lipinski definition) is 6. The minimum atomic E-state index is -1.17. The third-order valence-corrected chi connectivity index (χ3v) is 6.37. The highest BCUT2D eigenvalue weighted by atomic mass is 32.2. The van der Waals surface area contributed by atoms with Gasteiger partial charge in [-0.15, -0.1) is 0 Å². The summed E-state index contributed by atoms with van der Waals surface area (Å²) in [6, 6.07) is 21.6. The van der Waals surface area contributed by atoms with Crippen LogP contribution in [0.4, 0.5) is 9.18 Å². The van der Waals surface area contributed by atoms with Crippen LogP contribution in [0.3, 0.4) is 0 Å². The molecule has 0 bridgehead atoms. The van der Waals surface area contributed by atoms with E-state index in [1.807, 2.05) is 36.4 Å². The zero-order valence-electron chi connectivity index (χ0n) is 19.2. The van der Waals surface area contributed by atoms with Gasteiger partial charge in [-0.3, -0.25) is 14.9 Å². The van der Waals surface area contributed by atoms with Crippen LogP contribution in [0.2, 0.25) is 0 Å². The molecule has 1 N–H and O–H groups in total. The molecule has 0 spiro atoms. The largest absolute Gasteiger partial charge is 0.493 e. The number of para-hydroxylation sites is 2. The van der Waals surface area contributed by atoms with Crippen LogP contribution in [-0.2, 0) is 4.79 Å². The fourth-order valence-electron chi connectivity index (χ4n) is 3.61. The van der Waals surface area contributed by atoms with Gasteiger partial charge in [-0.1, -0.05) is 43.3 Å². The standard InChI is InChI=1S/C27H26FNO5S/c1-2-22(28)21-17-19(13-14-24(21)34-18-9-4-3-5-10-18)32-15-8-16-33-23-12-7-6-11-20(23)25-26(30)29-27(31)35-25/h3-7,9-14,17,22,25H,2,8,15-16H2,1H3,(H,29,30,31). The van der Waals surface area contributed by atoms with Gasteiger partial charge in [-0.05, 0) is 54.6 Å². The van der Waals surface area contributed by atoms with Crippen molar-refractivity contribution in [3.8, 4) is 23.0 Å². The third-order valence-electron chi connectivity index (χ3n) is 5.35. The first kappa shape index (κ1) is 24.6. The summed E-state index contributed by atoms with van der Waals surface area (Å²) in [5.41, 5.74) is 1.11. The summed E-state index contributed by atoms with van der Waals surface area (Å²) in [7, 11) is 0. The van der Waals surface area contributed by atoms with Gasteiger partial charge in [0.25, 0.3) is 5.24 Å². The predicted molar refractivity (Wildman–Crippen MR) is 133 cm³/mol. The molecule has 0 saturated carbocycles. The number of benzene rings is 3. The van der Waals surface area contributed by atoms with Gasteiger partial charge in [0.2, 0.25) is 5.91 Å². The fourth-order valence-corrected chi connectivity index (χ4v) is 4.47. The molecule has 0 aromatic heterocycles. The Kier molecular flexibility index (Phi) is 8.26. The molecule has 0 aliphatic carbocycles. The Bertz CT molecular complexity index is 1170. The van der Waals surface area contributed by atoms with E-state index in [1.165, 1.54) is 0 Å². The van der Waals surface area contributed by atoms with Crippen LogP contribution in [0.5, 0.6) is 23.0 Å². The minimum absolute atomic E-state index is 0.324. The zero-order valence-corrected chi connectivity index (χ0v) is 20.1. The molecule has 0 radical (unpaired) electrons. The Hall–Kier alpha value is -3.52. The molecule has 1 aliphatic rings. The predicted octanol–water partition coefficient (Wildman–Crippen LogP) is 6.77. The maximum atomic E-state index is 14.6. The summed E-state index contributed by atoms with van der Waals surface area (Å²) in [4.78, 5) is 23.6. The Morgan fingerprint density at radius 3 is 2.40 bits per heavy atom. The van der Waals surface area contributed by atoms with E-state index >= 15 is 0 Å². The maximum absolute atomic E-state index is 14.6.